The molecule has 0 aliphatic carbocycles. The molecule has 0 aliphatic heterocycles. The maximum Gasteiger partial charge on any atom is 0.254 e. The molecule has 2 N–H and O–H groups in total. The van der Waals surface area contributed by atoms with Gasteiger partial charge >= 0.3 is 0 Å². The van der Waals surface area contributed by atoms with Crippen LogP contribution in [0.25, 0.3) is 0 Å². The SMILES string of the molecule is CC(C)Cn1cc(C(C)(C)CC(C)NC(=O)c2c(F)cc(C(C)C)cc2CC(C)c2cccc(C(=O)NCCC#N)c2)cn1. The van der Waals surface area contributed by atoms with E-state index in [9.17, 15) is 9.59 Å². The Morgan fingerprint density at radius 1 is 1.05 bits per heavy atom. The molecule has 2 unspecified atom stereocenters. The normalized spacial score (nSPS) is 13.0. The lowest BCUT2D eigenvalue weighted by molar-refractivity contribution is 0.0926. The van der Waals surface area contributed by atoms with E-state index >= 15 is 4.39 Å². The minimum absolute atomic E-state index is 0.0704. The summed E-state index contributed by atoms with van der Waals surface area (Å²) in [5.74, 6) is -0.707. The topological polar surface area (TPSA) is 99.8 Å². The number of carbonyl (C=O) groups is 2. The third-order valence-electron chi connectivity index (χ3n) is 8.02. The van der Waals surface area contributed by atoms with Crippen LogP contribution in [0.4, 0.5) is 4.39 Å². The van der Waals surface area contributed by atoms with E-state index in [2.05, 4.69) is 49.6 Å². The smallest absolute Gasteiger partial charge is 0.254 e. The zero-order valence-corrected chi connectivity index (χ0v) is 27.5. The van der Waals surface area contributed by atoms with Gasteiger partial charge in [0.15, 0.2) is 0 Å². The molecule has 236 valence electrons. The van der Waals surface area contributed by atoms with Gasteiger partial charge in [0, 0.05) is 30.9 Å². The number of rotatable bonds is 14. The summed E-state index contributed by atoms with van der Waals surface area (Å²) in [6, 6.07) is 12.5. The van der Waals surface area contributed by atoms with Crippen LogP contribution in [0.1, 0.15) is 123 Å². The molecule has 2 atom stereocenters. The molecule has 7 nitrogen and oxygen atoms in total. The van der Waals surface area contributed by atoms with Crippen LogP contribution in [0.2, 0.25) is 0 Å². The van der Waals surface area contributed by atoms with Gasteiger partial charge in [-0.05, 0) is 83.4 Å². The quantitative estimate of drug-likeness (QED) is 0.190. The predicted octanol–water partition coefficient (Wildman–Crippen LogP) is 7.28. The second-order valence-electron chi connectivity index (χ2n) is 13.4. The lowest BCUT2D eigenvalue weighted by Gasteiger charge is -2.28. The van der Waals surface area contributed by atoms with Gasteiger partial charge in [-0.1, -0.05) is 66.7 Å². The van der Waals surface area contributed by atoms with Crippen LogP contribution in [0, 0.1) is 23.1 Å². The van der Waals surface area contributed by atoms with E-state index in [0.29, 0.717) is 29.9 Å². The highest BCUT2D eigenvalue weighted by molar-refractivity contribution is 5.96. The number of nitrogens with one attached hydrogen (secondary N) is 2. The highest BCUT2D eigenvalue weighted by Gasteiger charge is 2.28. The van der Waals surface area contributed by atoms with Crippen molar-refractivity contribution in [1.82, 2.24) is 20.4 Å². The van der Waals surface area contributed by atoms with Crippen molar-refractivity contribution in [3.63, 3.8) is 0 Å². The molecule has 1 heterocycles. The summed E-state index contributed by atoms with van der Waals surface area (Å²) in [6.07, 6.45) is 5.29. The minimum Gasteiger partial charge on any atom is -0.351 e. The van der Waals surface area contributed by atoms with Crippen LogP contribution in [-0.4, -0.2) is 34.2 Å². The highest BCUT2D eigenvalue weighted by atomic mass is 19.1. The first-order valence-electron chi connectivity index (χ1n) is 15.6. The van der Waals surface area contributed by atoms with Gasteiger partial charge in [0.2, 0.25) is 0 Å². The summed E-state index contributed by atoms with van der Waals surface area (Å²) in [4.78, 5) is 26.2. The van der Waals surface area contributed by atoms with E-state index in [1.807, 2.05) is 68.9 Å². The Morgan fingerprint density at radius 3 is 2.43 bits per heavy atom. The average Bonchev–Trinajstić information content (AvgIpc) is 3.41. The van der Waals surface area contributed by atoms with E-state index < -0.39 is 11.7 Å². The number of amides is 2. The van der Waals surface area contributed by atoms with E-state index in [1.165, 1.54) is 6.07 Å². The van der Waals surface area contributed by atoms with Crippen LogP contribution in [-0.2, 0) is 18.4 Å². The third-order valence-corrected chi connectivity index (χ3v) is 8.02. The van der Waals surface area contributed by atoms with Crippen LogP contribution in [0.15, 0.2) is 48.8 Å². The van der Waals surface area contributed by atoms with Crippen molar-refractivity contribution in [3.8, 4) is 6.07 Å². The third kappa shape index (κ3) is 9.25. The Balaban J connectivity index is 1.81. The van der Waals surface area contributed by atoms with Gasteiger partial charge in [0.25, 0.3) is 11.8 Å². The molecular formula is C36H48FN5O2. The summed E-state index contributed by atoms with van der Waals surface area (Å²) >= 11 is 0. The number of halogens is 1. The largest absolute Gasteiger partial charge is 0.351 e. The fraction of sp³-hybridized carbons (Fsp3) is 0.500. The number of hydrogen-bond acceptors (Lipinski definition) is 4. The first-order valence-corrected chi connectivity index (χ1v) is 15.6. The molecule has 8 heteroatoms. The molecule has 3 rings (SSSR count). The Bertz CT molecular complexity index is 1480. The van der Waals surface area contributed by atoms with Gasteiger partial charge in [-0.2, -0.15) is 10.4 Å². The van der Waals surface area contributed by atoms with Gasteiger partial charge in [0.1, 0.15) is 5.82 Å². The molecule has 0 fully saturated rings. The van der Waals surface area contributed by atoms with Gasteiger partial charge in [0.05, 0.1) is 24.3 Å². The first-order chi connectivity index (χ1) is 20.7. The van der Waals surface area contributed by atoms with E-state index in [4.69, 9.17) is 5.26 Å². The van der Waals surface area contributed by atoms with Crippen molar-refractivity contribution >= 4 is 11.8 Å². The highest BCUT2D eigenvalue weighted by Crippen LogP contribution is 2.30. The van der Waals surface area contributed by atoms with Crippen LogP contribution >= 0.6 is 0 Å². The van der Waals surface area contributed by atoms with E-state index in [-0.39, 0.29) is 47.7 Å². The zero-order valence-electron chi connectivity index (χ0n) is 27.5. The molecule has 0 radical (unpaired) electrons. The summed E-state index contributed by atoms with van der Waals surface area (Å²) in [5, 5.41) is 19.1. The molecule has 0 aliphatic rings. The Labute approximate surface area is 262 Å². The predicted molar refractivity (Wildman–Crippen MR) is 173 cm³/mol. The van der Waals surface area contributed by atoms with Crippen molar-refractivity contribution in [3.05, 3.63) is 88.0 Å². The molecule has 2 amide bonds. The molecule has 0 bridgehead atoms. The molecule has 0 saturated heterocycles. The van der Waals surface area contributed by atoms with E-state index in [1.54, 1.807) is 6.07 Å². The maximum atomic E-state index is 15.7. The van der Waals surface area contributed by atoms with Gasteiger partial charge in [-0.15, -0.1) is 0 Å². The monoisotopic (exact) mass is 601 g/mol. The van der Waals surface area contributed by atoms with Crippen LogP contribution in [0.5, 0.6) is 0 Å². The number of carbonyl (C=O) groups excluding carboxylic acids is 2. The number of nitriles is 1. The lowest BCUT2D eigenvalue weighted by Crippen LogP contribution is -2.38. The molecule has 2 aromatic carbocycles. The molecule has 0 spiro atoms. The van der Waals surface area contributed by atoms with Crippen molar-refractivity contribution in [2.75, 3.05) is 6.54 Å². The summed E-state index contributed by atoms with van der Waals surface area (Å²) in [7, 11) is 0. The number of aromatic nitrogens is 2. The summed E-state index contributed by atoms with van der Waals surface area (Å²) in [5.41, 5.74) is 3.81. The standard InChI is InChI=1S/C36H48FN5O2/c1-23(2)21-42-22-31(20-40-42)36(7,8)19-26(6)41-35(44)33-30(17-29(24(3)4)18-32(33)37)15-25(5)27-11-9-12-28(16-27)34(43)39-14-10-13-38/h9,11-12,16-18,20,22-26H,10,14-15,19,21H2,1-8H3,(H,39,43)(H,41,44). The number of benzene rings is 2. The summed E-state index contributed by atoms with van der Waals surface area (Å²) < 4.78 is 17.7. The van der Waals surface area contributed by atoms with Crippen LogP contribution in [0.3, 0.4) is 0 Å². The fourth-order valence-corrected chi connectivity index (χ4v) is 5.62. The molecular weight excluding hydrogens is 553 g/mol. The fourth-order valence-electron chi connectivity index (χ4n) is 5.62. The molecule has 0 saturated carbocycles. The second kappa shape index (κ2) is 15.1. The molecule has 1 aromatic heterocycles. The van der Waals surface area contributed by atoms with Gasteiger partial charge in [-0.25, -0.2) is 4.39 Å². The van der Waals surface area contributed by atoms with Gasteiger partial charge in [-0.3, -0.25) is 14.3 Å². The Morgan fingerprint density at radius 2 is 1.77 bits per heavy atom. The van der Waals surface area contributed by atoms with E-state index in [0.717, 1.165) is 23.2 Å². The maximum absolute atomic E-state index is 15.7. The zero-order chi connectivity index (χ0) is 32.6. The minimum atomic E-state index is -0.525. The number of hydrogen-bond donors (Lipinski definition) is 2. The van der Waals surface area contributed by atoms with Crippen LogP contribution < -0.4 is 10.6 Å². The first kappa shape index (κ1) is 34.5. The molecule has 3 aromatic rings. The van der Waals surface area contributed by atoms with Crippen molar-refractivity contribution in [2.24, 2.45) is 5.92 Å². The Kier molecular flexibility index (Phi) is 11.9. The number of nitrogens with zero attached hydrogens (tertiary/aromatic N) is 3. The van der Waals surface area contributed by atoms with Crippen molar-refractivity contribution < 1.29 is 14.0 Å². The lowest BCUT2D eigenvalue weighted by atomic mass is 9.81. The molecule has 44 heavy (non-hydrogen) atoms. The average molecular weight is 602 g/mol. The van der Waals surface area contributed by atoms with Crippen molar-refractivity contribution in [1.29, 1.82) is 5.26 Å². The van der Waals surface area contributed by atoms with Gasteiger partial charge < -0.3 is 10.6 Å². The second-order valence-corrected chi connectivity index (χ2v) is 13.4. The summed E-state index contributed by atoms with van der Waals surface area (Å²) in [6.45, 7) is 17.7. The Hall–Kier alpha value is -3.99. The van der Waals surface area contributed by atoms with Crippen molar-refractivity contribution in [2.45, 2.75) is 104 Å².